The van der Waals surface area contributed by atoms with Crippen molar-refractivity contribution in [1.82, 2.24) is 14.2 Å². The molecule has 106 valence electrons. The van der Waals surface area contributed by atoms with Crippen molar-refractivity contribution in [3.8, 4) is 16.1 Å². The zero-order valence-electron chi connectivity index (χ0n) is 11.5. The molecule has 5 heteroatoms. The van der Waals surface area contributed by atoms with Crippen molar-refractivity contribution in [3.05, 3.63) is 58.1 Å². The number of benzene rings is 1. The SMILES string of the molecule is O=c1cc(-n2cc(-c3ccc4c(c3)CCCC4)cn2)s[nH]1. The van der Waals surface area contributed by atoms with E-state index in [2.05, 4.69) is 27.7 Å². The van der Waals surface area contributed by atoms with Crippen molar-refractivity contribution in [2.24, 2.45) is 0 Å². The third kappa shape index (κ3) is 2.34. The molecule has 4 rings (SSSR count). The number of hydrogen-bond acceptors (Lipinski definition) is 3. The van der Waals surface area contributed by atoms with E-state index in [-0.39, 0.29) is 5.56 Å². The first-order valence-electron chi connectivity index (χ1n) is 7.15. The van der Waals surface area contributed by atoms with Crippen LogP contribution >= 0.6 is 11.5 Å². The van der Waals surface area contributed by atoms with Gasteiger partial charge in [0.15, 0.2) is 0 Å². The number of aromatic amines is 1. The number of aromatic nitrogens is 3. The van der Waals surface area contributed by atoms with Gasteiger partial charge in [-0.05, 0) is 53.9 Å². The summed E-state index contributed by atoms with van der Waals surface area (Å²) in [6.07, 6.45) is 8.80. The molecule has 1 aliphatic carbocycles. The van der Waals surface area contributed by atoms with E-state index in [0.29, 0.717) is 0 Å². The second-order valence-electron chi connectivity index (χ2n) is 5.42. The molecule has 0 unspecified atom stereocenters. The van der Waals surface area contributed by atoms with Gasteiger partial charge in [-0.1, -0.05) is 18.2 Å². The molecule has 2 aromatic heterocycles. The standard InChI is InChI=1S/C16H15N3OS/c20-15-8-16(21-18-15)19-10-14(9-17-19)13-6-5-11-3-1-2-4-12(11)7-13/h5-10H,1-4H2,(H,18,20). The van der Waals surface area contributed by atoms with Gasteiger partial charge in [-0.3, -0.25) is 9.17 Å². The molecule has 0 radical (unpaired) electrons. The lowest BCUT2D eigenvalue weighted by molar-refractivity contribution is 0.686. The van der Waals surface area contributed by atoms with Crippen LogP contribution in [-0.4, -0.2) is 14.2 Å². The Hall–Kier alpha value is -2.14. The largest absolute Gasteiger partial charge is 0.276 e. The molecule has 1 N–H and O–H groups in total. The average Bonchev–Trinajstić information content (AvgIpc) is 3.15. The van der Waals surface area contributed by atoms with Crippen molar-refractivity contribution >= 4 is 11.5 Å². The minimum atomic E-state index is -0.0826. The second kappa shape index (κ2) is 5.00. The van der Waals surface area contributed by atoms with E-state index >= 15 is 0 Å². The summed E-state index contributed by atoms with van der Waals surface area (Å²) in [4.78, 5) is 11.2. The van der Waals surface area contributed by atoms with E-state index in [0.717, 1.165) is 10.6 Å². The van der Waals surface area contributed by atoms with E-state index < -0.39 is 0 Å². The third-order valence-corrected chi connectivity index (χ3v) is 4.82. The molecule has 0 amide bonds. The zero-order chi connectivity index (χ0) is 14.2. The van der Waals surface area contributed by atoms with Crippen LogP contribution in [0.15, 0.2) is 41.5 Å². The fourth-order valence-corrected chi connectivity index (χ4v) is 3.52. The molecule has 0 aliphatic heterocycles. The highest BCUT2D eigenvalue weighted by atomic mass is 32.1. The van der Waals surface area contributed by atoms with Crippen LogP contribution in [0.2, 0.25) is 0 Å². The monoisotopic (exact) mass is 297 g/mol. The van der Waals surface area contributed by atoms with Crippen LogP contribution in [0, 0.1) is 0 Å². The third-order valence-electron chi connectivity index (χ3n) is 4.00. The number of rotatable bonds is 2. The Bertz CT molecular complexity index is 843. The fourth-order valence-electron chi connectivity index (χ4n) is 2.89. The number of aryl methyl sites for hydroxylation is 2. The summed E-state index contributed by atoms with van der Waals surface area (Å²) in [5, 5.41) is 5.17. The summed E-state index contributed by atoms with van der Waals surface area (Å²) in [7, 11) is 0. The highest BCUT2D eigenvalue weighted by molar-refractivity contribution is 7.08. The molecular formula is C16H15N3OS. The molecule has 0 saturated heterocycles. The van der Waals surface area contributed by atoms with Crippen molar-refractivity contribution in [3.63, 3.8) is 0 Å². The Kier molecular flexibility index (Phi) is 3.00. The molecule has 0 spiro atoms. The summed E-state index contributed by atoms with van der Waals surface area (Å²) in [6.45, 7) is 0. The van der Waals surface area contributed by atoms with Gasteiger partial charge in [0.2, 0.25) is 0 Å². The first-order valence-corrected chi connectivity index (χ1v) is 7.97. The van der Waals surface area contributed by atoms with Crippen molar-refractivity contribution in [1.29, 1.82) is 0 Å². The molecule has 0 bridgehead atoms. The molecule has 0 fully saturated rings. The first-order chi connectivity index (χ1) is 10.3. The predicted octanol–water partition coefficient (Wildman–Crippen LogP) is 3.17. The molecule has 0 saturated carbocycles. The molecule has 21 heavy (non-hydrogen) atoms. The molecule has 3 aromatic rings. The topological polar surface area (TPSA) is 50.7 Å². The quantitative estimate of drug-likeness (QED) is 0.790. The lowest BCUT2D eigenvalue weighted by Crippen LogP contribution is -2.02. The number of nitrogens with zero attached hydrogens (tertiary/aromatic N) is 2. The molecule has 1 aromatic carbocycles. The maximum absolute atomic E-state index is 11.2. The summed E-state index contributed by atoms with van der Waals surface area (Å²) in [5.41, 5.74) is 5.16. The average molecular weight is 297 g/mol. The Morgan fingerprint density at radius 1 is 1.10 bits per heavy atom. The number of fused-ring (bicyclic) bond motifs is 1. The Labute approximate surface area is 126 Å². The molecule has 4 nitrogen and oxygen atoms in total. The summed E-state index contributed by atoms with van der Waals surface area (Å²) in [5.74, 6) is 0. The minimum Gasteiger partial charge on any atom is -0.276 e. The fraction of sp³-hybridized carbons (Fsp3) is 0.250. The van der Waals surface area contributed by atoms with Crippen LogP contribution in [-0.2, 0) is 12.8 Å². The van der Waals surface area contributed by atoms with Crippen LogP contribution in [0.5, 0.6) is 0 Å². The molecular weight excluding hydrogens is 282 g/mol. The van der Waals surface area contributed by atoms with Gasteiger partial charge in [-0.2, -0.15) is 5.10 Å². The van der Waals surface area contributed by atoms with Crippen LogP contribution in [0.3, 0.4) is 0 Å². The van der Waals surface area contributed by atoms with Gasteiger partial charge >= 0.3 is 0 Å². The number of H-pyrrole nitrogens is 1. The van der Waals surface area contributed by atoms with Crippen LogP contribution in [0.1, 0.15) is 24.0 Å². The maximum Gasteiger partial charge on any atom is 0.260 e. The molecule has 2 heterocycles. The first kappa shape index (κ1) is 12.6. The normalized spacial score (nSPS) is 14.1. The van der Waals surface area contributed by atoms with E-state index in [1.54, 1.807) is 10.7 Å². The van der Waals surface area contributed by atoms with Gasteiger partial charge < -0.3 is 0 Å². The molecule has 1 aliphatic rings. The van der Waals surface area contributed by atoms with Crippen molar-refractivity contribution in [2.45, 2.75) is 25.7 Å². The Balaban J connectivity index is 1.71. The van der Waals surface area contributed by atoms with E-state index in [1.165, 1.54) is 53.9 Å². The van der Waals surface area contributed by atoms with E-state index in [9.17, 15) is 4.79 Å². The minimum absolute atomic E-state index is 0.0826. The van der Waals surface area contributed by atoms with E-state index in [4.69, 9.17) is 0 Å². The lowest BCUT2D eigenvalue weighted by Gasteiger charge is -2.16. The van der Waals surface area contributed by atoms with Crippen LogP contribution in [0.4, 0.5) is 0 Å². The van der Waals surface area contributed by atoms with Gasteiger partial charge in [-0.15, -0.1) is 0 Å². The summed E-state index contributed by atoms with van der Waals surface area (Å²) >= 11 is 1.30. The lowest BCUT2D eigenvalue weighted by atomic mass is 9.89. The van der Waals surface area contributed by atoms with Crippen LogP contribution < -0.4 is 5.56 Å². The smallest absolute Gasteiger partial charge is 0.260 e. The summed E-state index contributed by atoms with van der Waals surface area (Å²) in [6, 6.07) is 8.27. The number of nitrogens with one attached hydrogen (secondary N) is 1. The summed E-state index contributed by atoms with van der Waals surface area (Å²) < 4.78 is 4.43. The van der Waals surface area contributed by atoms with Gasteiger partial charge in [0.1, 0.15) is 5.00 Å². The van der Waals surface area contributed by atoms with Crippen LogP contribution in [0.25, 0.3) is 16.1 Å². The Morgan fingerprint density at radius 2 is 1.95 bits per heavy atom. The Morgan fingerprint density at radius 3 is 2.76 bits per heavy atom. The van der Waals surface area contributed by atoms with Gasteiger partial charge in [-0.25, -0.2) is 4.68 Å². The van der Waals surface area contributed by atoms with Crippen molar-refractivity contribution in [2.75, 3.05) is 0 Å². The van der Waals surface area contributed by atoms with Crippen molar-refractivity contribution < 1.29 is 0 Å². The van der Waals surface area contributed by atoms with Gasteiger partial charge in [0, 0.05) is 17.8 Å². The van der Waals surface area contributed by atoms with E-state index in [1.807, 2.05) is 12.4 Å². The highest BCUT2D eigenvalue weighted by Crippen LogP contribution is 2.27. The second-order valence-corrected chi connectivity index (χ2v) is 6.24. The molecule has 0 atom stereocenters. The zero-order valence-corrected chi connectivity index (χ0v) is 12.3. The van der Waals surface area contributed by atoms with Gasteiger partial charge in [0.25, 0.3) is 5.56 Å². The predicted molar refractivity (Wildman–Crippen MR) is 84.1 cm³/mol. The highest BCUT2D eigenvalue weighted by Gasteiger charge is 2.11. The maximum atomic E-state index is 11.2. The number of hydrogen-bond donors (Lipinski definition) is 1. The van der Waals surface area contributed by atoms with Gasteiger partial charge in [0.05, 0.1) is 6.20 Å².